The largest absolute Gasteiger partial charge is 0.462 e. The number of hydrogen-bond donors (Lipinski definition) is 1. The lowest BCUT2D eigenvalue weighted by atomic mass is 10.0. The van der Waals surface area contributed by atoms with Crippen molar-refractivity contribution in [3.05, 3.63) is 65.7 Å². The minimum absolute atomic E-state index is 0.121. The van der Waals surface area contributed by atoms with Crippen LogP contribution in [0.5, 0.6) is 0 Å². The van der Waals surface area contributed by atoms with Crippen LogP contribution < -0.4 is 5.32 Å². The van der Waals surface area contributed by atoms with E-state index in [4.69, 9.17) is 4.74 Å². The Morgan fingerprint density at radius 1 is 1.12 bits per heavy atom. The maximum absolute atomic E-state index is 12.6. The van der Waals surface area contributed by atoms with Crippen molar-refractivity contribution in [1.29, 1.82) is 0 Å². The zero-order chi connectivity index (χ0) is 18.4. The first kappa shape index (κ1) is 18.1. The predicted molar refractivity (Wildman–Crippen MR) is 101 cm³/mol. The summed E-state index contributed by atoms with van der Waals surface area (Å²) >= 11 is 0. The fraction of sp³-hybridized carbons (Fsp3) is 0.333. The number of hydrogen-bond acceptors (Lipinski definition) is 4. The summed E-state index contributed by atoms with van der Waals surface area (Å²) in [7, 11) is 0. The maximum atomic E-state index is 12.6. The Kier molecular flexibility index (Phi) is 6.02. The van der Waals surface area contributed by atoms with Crippen molar-refractivity contribution in [1.82, 2.24) is 4.90 Å². The number of amides is 1. The molecule has 26 heavy (non-hydrogen) atoms. The molecule has 2 aromatic rings. The molecule has 0 radical (unpaired) electrons. The maximum Gasteiger partial charge on any atom is 0.340 e. The summed E-state index contributed by atoms with van der Waals surface area (Å²) in [6.45, 7) is 3.26. The van der Waals surface area contributed by atoms with E-state index in [1.54, 1.807) is 31.2 Å². The van der Waals surface area contributed by atoms with E-state index in [-0.39, 0.29) is 11.9 Å². The van der Waals surface area contributed by atoms with Gasteiger partial charge < -0.3 is 10.1 Å². The molecule has 1 saturated heterocycles. The van der Waals surface area contributed by atoms with Gasteiger partial charge in [0.25, 0.3) is 0 Å². The van der Waals surface area contributed by atoms with Crippen LogP contribution >= 0.6 is 0 Å². The van der Waals surface area contributed by atoms with E-state index in [0.29, 0.717) is 24.4 Å². The number of nitrogens with one attached hydrogen (secondary N) is 1. The second kappa shape index (κ2) is 8.63. The molecule has 0 bridgehead atoms. The highest BCUT2D eigenvalue weighted by molar-refractivity contribution is 6.01. The molecule has 1 unspecified atom stereocenters. The lowest BCUT2D eigenvalue weighted by molar-refractivity contribution is -0.117. The van der Waals surface area contributed by atoms with E-state index < -0.39 is 5.97 Å². The molecular weight excluding hydrogens is 328 g/mol. The van der Waals surface area contributed by atoms with Crippen LogP contribution in [0.1, 0.15) is 41.7 Å². The zero-order valence-corrected chi connectivity index (χ0v) is 15.0. The Bertz CT molecular complexity index is 761. The Morgan fingerprint density at radius 3 is 2.62 bits per heavy atom. The Balaban J connectivity index is 1.67. The van der Waals surface area contributed by atoms with Gasteiger partial charge in [-0.15, -0.1) is 0 Å². The van der Waals surface area contributed by atoms with E-state index in [1.165, 1.54) is 5.56 Å². The van der Waals surface area contributed by atoms with Gasteiger partial charge in [-0.2, -0.15) is 0 Å². The first-order valence-corrected chi connectivity index (χ1v) is 9.04. The lowest BCUT2D eigenvalue weighted by Gasteiger charge is -2.24. The first-order chi connectivity index (χ1) is 12.7. The first-order valence-electron chi connectivity index (χ1n) is 9.04. The van der Waals surface area contributed by atoms with Crippen LogP contribution in [-0.2, 0) is 9.53 Å². The van der Waals surface area contributed by atoms with Crippen molar-refractivity contribution < 1.29 is 14.3 Å². The normalized spacial score (nSPS) is 17.0. The van der Waals surface area contributed by atoms with E-state index >= 15 is 0 Å². The highest BCUT2D eigenvalue weighted by Gasteiger charge is 2.27. The van der Waals surface area contributed by atoms with Gasteiger partial charge in [0, 0.05) is 6.04 Å². The van der Waals surface area contributed by atoms with Crippen molar-refractivity contribution in [3.8, 4) is 0 Å². The number of benzene rings is 2. The van der Waals surface area contributed by atoms with Gasteiger partial charge in [0.05, 0.1) is 24.4 Å². The summed E-state index contributed by atoms with van der Waals surface area (Å²) in [5.41, 5.74) is 2.11. The topological polar surface area (TPSA) is 58.6 Å². The van der Waals surface area contributed by atoms with Crippen molar-refractivity contribution in [2.75, 3.05) is 25.0 Å². The average molecular weight is 352 g/mol. The third-order valence-electron chi connectivity index (χ3n) is 4.59. The number of ether oxygens (including phenoxy) is 1. The molecule has 0 saturated carbocycles. The van der Waals surface area contributed by atoms with Crippen molar-refractivity contribution in [2.24, 2.45) is 0 Å². The molecule has 3 rings (SSSR count). The molecule has 0 aromatic heterocycles. The standard InChI is InChI=1S/C21H24N2O3/c1-2-26-21(25)17-11-6-7-12-18(17)22-20(24)15-23-14-8-13-19(23)16-9-4-3-5-10-16/h3-7,9-12,19H,2,8,13-15H2,1H3,(H,22,24). The number of nitrogens with zero attached hydrogens (tertiary/aromatic N) is 1. The van der Waals surface area contributed by atoms with Gasteiger partial charge in [-0.1, -0.05) is 42.5 Å². The van der Waals surface area contributed by atoms with Gasteiger partial charge in [-0.25, -0.2) is 4.79 Å². The predicted octanol–water partition coefficient (Wildman–Crippen LogP) is 3.64. The molecule has 1 aliphatic heterocycles. The Labute approximate surface area is 154 Å². The molecule has 1 fully saturated rings. The van der Waals surface area contributed by atoms with E-state index in [2.05, 4.69) is 22.3 Å². The van der Waals surface area contributed by atoms with Crippen LogP contribution in [0, 0.1) is 0 Å². The molecule has 5 heteroatoms. The van der Waals surface area contributed by atoms with Crippen LogP contribution in [-0.4, -0.2) is 36.5 Å². The summed E-state index contributed by atoms with van der Waals surface area (Å²) < 4.78 is 5.06. The molecule has 1 aliphatic rings. The molecule has 1 atom stereocenters. The highest BCUT2D eigenvalue weighted by Crippen LogP contribution is 2.31. The molecule has 1 N–H and O–H groups in total. The minimum atomic E-state index is -0.424. The monoisotopic (exact) mass is 352 g/mol. The van der Waals surface area contributed by atoms with Crippen LogP contribution in [0.2, 0.25) is 0 Å². The summed E-state index contributed by atoms with van der Waals surface area (Å²) in [5.74, 6) is -0.545. The second-order valence-electron chi connectivity index (χ2n) is 6.35. The van der Waals surface area contributed by atoms with Crippen molar-refractivity contribution in [2.45, 2.75) is 25.8 Å². The van der Waals surface area contributed by atoms with E-state index in [0.717, 1.165) is 19.4 Å². The minimum Gasteiger partial charge on any atom is -0.462 e. The van der Waals surface area contributed by atoms with Gasteiger partial charge in [0.2, 0.25) is 5.91 Å². The number of likely N-dealkylation sites (tertiary alicyclic amines) is 1. The summed E-state index contributed by atoms with van der Waals surface area (Å²) in [6.07, 6.45) is 2.13. The van der Waals surface area contributed by atoms with E-state index in [9.17, 15) is 9.59 Å². The van der Waals surface area contributed by atoms with Gasteiger partial charge in [-0.3, -0.25) is 9.69 Å². The van der Waals surface area contributed by atoms with Gasteiger partial charge in [0.15, 0.2) is 0 Å². The number of carbonyl (C=O) groups is 2. The number of para-hydroxylation sites is 1. The molecule has 1 amide bonds. The lowest BCUT2D eigenvalue weighted by Crippen LogP contribution is -2.33. The number of anilines is 1. The van der Waals surface area contributed by atoms with Crippen LogP contribution in [0.25, 0.3) is 0 Å². The fourth-order valence-corrected chi connectivity index (χ4v) is 3.42. The van der Waals surface area contributed by atoms with Gasteiger partial charge >= 0.3 is 5.97 Å². The van der Waals surface area contributed by atoms with Crippen LogP contribution in [0.15, 0.2) is 54.6 Å². The summed E-state index contributed by atoms with van der Waals surface area (Å²) in [5, 5.41) is 2.87. The highest BCUT2D eigenvalue weighted by atomic mass is 16.5. The van der Waals surface area contributed by atoms with E-state index in [1.807, 2.05) is 18.2 Å². The number of carbonyl (C=O) groups excluding carboxylic acids is 2. The number of rotatable bonds is 6. The SMILES string of the molecule is CCOC(=O)c1ccccc1NC(=O)CN1CCCC1c1ccccc1. The van der Waals surface area contributed by atoms with Crippen LogP contribution in [0.3, 0.4) is 0 Å². The zero-order valence-electron chi connectivity index (χ0n) is 15.0. The molecule has 0 spiro atoms. The molecule has 5 nitrogen and oxygen atoms in total. The van der Waals surface area contributed by atoms with Gasteiger partial charge in [0.1, 0.15) is 0 Å². The van der Waals surface area contributed by atoms with Crippen molar-refractivity contribution >= 4 is 17.6 Å². The summed E-state index contributed by atoms with van der Waals surface area (Å²) in [6, 6.07) is 17.5. The molecular formula is C21H24N2O3. The smallest absolute Gasteiger partial charge is 0.340 e. The molecule has 1 heterocycles. The quantitative estimate of drug-likeness (QED) is 0.807. The van der Waals surface area contributed by atoms with Crippen molar-refractivity contribution in [3.63, 3.8) is 0 Å². The number of esters is 1. The Hall–Kier alpha value is -2.66. The molecule has 136 valence electrons. The second-order valence-corrected chi connectivity index (χ2v) is 6.35. The molecule has 0 aliphatic carbocycles. The Morgan fingerprint density at radius 2 is 1.85 bits per heavy atom. The third kappa shape index (κ3) is 4.29. The third-order valence-corrected chi connectivity index (χ3v) is 4.59. The van der Waals surface area contributed by atoms with Crippen LogP contribution in [0.4, 0.5) is 5.69 Å². The van der Waals surface area contributed by atoms with Gasteiger partial charge in [-0.05, 0) is 44.0 Å². The molecule has 2 aromatic carbocycles. The fourth-order valence-electron chi connectivity index (χ4n) is 3.42. The average Bonchev–Trinajstić information content (AvgIpc) is 3.11. The summed E-state index contributed by atoms with van der Waals surface area (Å²) in [4.78, 5) is 26.8.